The monoisotopic (exact) mass is 260 g/mol. The zero-order valence-electron chi connectivity index (χ0n) is 10.9. The highest BCUT2D eigenvalue weighted by atomic mass is 16.2. The van der Waals surface area contributed by atoms with E-state index in [1.165, 1.54) is 18.4 Å². The Labute approximate surface area is 112 Å². The number of amides is 1. The van der Waals surface area contributed by atoms with Crippen molar-refractivity contribution in [2.45, 2.75) is 50.2 Å². The average molecular weight is 260 g/mol. The average Bonchev–Trinajstić information content (AvgIpc) is 2.89. The van der Waals surface area contributed by atoms with Crippen LogP contribution in [0, 0.1) is 5.92 Å². The molecule has 1 heterocycles. The highest BCUT2D eigenvalue weighted by molar-refractivity contribution is 5.95. The molecule has 4 aliphatic rings. The van der Waals surface area contributed by atoms with Crippen LogP contribution >= 0.6 is 0 Å². The van der Waals surface area contributed by atoms with E-state index in [0.29, 0.717) is 17.7 Å². The van der Waals surface area contributed by atoms with Crippen molar-refractivity contribution in [3.8, 4) is 0 Å². The molecule has 0 aromatic carbocycles. The van der Waals surface area contributed by atoms with Crippen molar-refractivity contribution in [2.24, 2.45) is 11.7 Å². The largest absolute Gasteiger partial charge is 0.346 e. The second-order valence-electron chi connectivity index (χ2n) is 6.14. The van der Waals surface area contributed by atoms with Crippen LogP contribution in [0.3, 0.4) is 0 Å². The lowest BCUT2D eigenvalue weighted by atomic mass is 9.91. The number of carbonyl (C=O) groups is 1. The summed E-state index contributed by atoms with van der Waals surface area (Å²) in [5.74, 6) is 0.621. The molecular weight excluding hydrogens is 240 g/mol. The molecule has 0 bridgehead atoms. The summed E-state index contributed by atoms with van der Waals surface area (Å²) < 4.78 is 0. The third kappa shape index (κ3) is 1.80. The van der Waals surface area contributed by atoms with Crippen LogP contribution in [0.5, 0.6) is 0 Å². The van der Waals surface area contributed by atoms with Gasteiger partial charge in [0, 0.05) is 23.6 Å². The van der Waals surface area contributed by atoms with E-state index in [0.717, 1.165) is 24.8 Å². The number of fused-ring (bicyclic) bond motifs is 3. The maximum Gasteiger partial charge on any atom is 0.269 e. The molecule has 0 aromatic rings. The van der Waals surface area contributed by atoms with Crippen molar-refractivity contribution < 1.29 is 4.79 Å². The van der Waals surface area contributed by atoms with E-state index in [4.69, 9.17) is 5.73 Å². The first-order valence-electron chi connectivity index (χ1n) is 7.26. The smallest absolute Gasteiger partial charge is 0.269 e. The Morgan fingerprint density at radius 2 is 2.21 bits per heavy atom. The van der Waals surface area contributed by atoms with Gasteiger partial charge in [-0.1, -0.05) is 24.5 Å². The van der Waals surface area contributed by atoms with Crippen molar-refractivity contribution in [2.75, 3.05) is 0 Å². The van der Waals surface area contributed by atoms with Crippen molar-refractivity contribution in [3.05, 3.63) is 22.9 Å². The van der Waals surface area contributed by atoms with Crippen molar-refractivity contribution in [3.63, 3.8) is 0 Å². The second-order valence-corrected chi connectivity index (χ2v) is 6.14. The summed E-state index contributed by atoms with van der Waals surface area (Å²) in [5, 5.41) is 3.10. The Bertz CT molecular complexity index is 496. The molecule has 0 radical (unpaired) electrons. The highest BCUT2D eigenvalue weighted by Gasteiger charge is 2.48. The molecular formula is C14H20N4O. The molecule has 5 nitrogen and oxygen atoms in total. The summed E-state index contributed by atoms with van der Waals surface area (Å²) in [4.78, 5) is 12.4. The van der Waals surface area contributed by atoms with Crippen molar-refractivity contribution >= 4 is 5.91 Å². The Morgan fingerprint density at radius 1 is 1.37 bits per heavy atom. The van der Waals surface area contributed by atoms with Gasteiger partial charge in [0.15, 0.2) is 0 Å². The van der Waals surface area contributed by atoms with Gasteiger partial charge >= 0.3 is 0 Å². The number of hydrogen-bond donors (Lipinski definition) is 4. The highest BCUT2D eigenvalue weighted by Crippen LogP contribution is 2.50. The topological polar surface area (TPSA) is 79.2 Å². The summed E-state index contributed by atoms with van der Waals surface area (Å²) in [5.41, 5.74) is 15.7. The van der Waals surface area contributed by atoms with Gasteiger partial charge in [-0.2, -0.15) is 0 Å². The molecule has 5 N–H and O–H groups in total. The van der Waals surface area contributed by atoms with E-state index in [-0.39, 0.29) is 18.0 Å². The second kappa shape index (κ2) is 4.08. The minimum absolute atomic E-state index is 0.00880. The number of nitrogens with two attached hydrogens (primary N) is 1. The van der Waals surface area contributed by atoms with E-state index >= 15 is 0 Å². The third-order valence-corrected chi connectivity index (χ3v) is 4.85. The van der Waals surface area contributed by atoms with Gasteiger partial charge in [0.05, 0.1) is 6.04 Å². The Morgan fingerprint density at radius 3 is 3.05 bits per heavy atom. The summed E-state index contributed by atoms with van der Waals surface area (Å²) in [6.45, 7) is 0. The molecule has 102 valence electrons. The summed E-state index contributed by atoms with van der Waals surface area (Å²) in [7, 11) is 0. The molecule has 0 aromatic heterocycles. The van der Waals surface area contributed by atoms with E-state index in [1.807, 2.05) is 0 Å². The lowest BCUT2D eigenvalue weighted by molar-refractivity contribution is -0.118. The van der Waals surface area contributed by atoms with Crippen molar-refractivity contribution in [1.82, 2.24) is 16.2 Å². The van der Waals surface area contributed by atoms with Crippen LogP contribution in [0.2, 0.25) is 0 Å². The number of carbonyl (C=O) groups excluding carboxylic acids is 1. The molecule has 2 fully saturated rings. The van der Waals surface area contributed by atoms with Gasteiger partial charge in [-0.05, 0) is 19.3 Å². The van der Waals surface area contributed by atoms with E-state index in [1.54, 1.807) is 0 Å². The van der Waals surface area contributed by atoms with E-state index in [2.05, 4.69) is 22.2 Å². The standard InChI is InChI=1S/C14H20N4O/c15-10-3-1-2-4-11(10)16-14(19)13-9-6-7-5-8(7)12(9)17-18-13/h6,8,10-12,17-18H,1-5,15H2,(H,16,19)/t8?,10-,11-,12?/m1/s1. The normalized spacial score (nSPS) is 39.3. The molecule has 4 rings (SSSR count). The maximum atomic E-state index is 12.4. The first kappa shape index (κ1) is 11.5. The molecule has 2 unspecified atom stereocenters. The first-order chi connectivity index (χ1) is 9.24. The molecule has 19 heavy (non-hydrogen) atoms. The van der Waals surface area contributed by atoms with Crippen LogP contribution < -0.4 is 21.9 Å². The molecule has 0 saturated heterocycles. The molecule has 4 atom stereocenters. The fourth-order valence-corrected chi connectivity index (χ4v) is 3.59. The molecule has 1 aliphatic heterocycles. The number of hydrogen-bond acceptors (Lipinski definition) is 4. The van der Waals surface area contributed by atoms with Gasteiger partial charge in [-0.25, -0.2) is 5.43 Å². The predicted octanol–water partition coefficient (Wildman–Crippen LogP) is 0.0629. The zero-order valence-corrected chi connectivity index (χ0v) is 10.9. The van der Waals surface area contributed by atoms with Crippen LogP contribution in [0.1, 0.15) is 32.1 Å². The number of rotatable bonds is 2. The van der Waals surface area contributed by atoms with Gasteiger partial charge in [0.25, 0.3) is 5.91 Å². The van der Waals surface area contributed by atoms with Crippen LogP contribution in [0.25, 0.3) is 0 Å². The zero-order chi connectivity index (χ0) is 13.0. The van der Waals surface area contributed by atoms with Gasteiger partial charge in [0.1, 0.15) is 5.70 Å². The number of nitrogens with one attached hydrogen (secondary N) is 3. The lowest BCUT2D eigenvalue weighted by Crippen LogP contribution is -2.50. The van der Waals surface area contributed by atoms with Crippen LogP contribution in [-0.4, -0.2) is 24.0 Å². The summed E-state index contributed by atoms with van der Waals surface area (Å²) >= 11 is 0. The van der Waals surface area contributed by atoms with Gasteiger partial charge < -0.3 is 16.5 Å². The Balaban J connectivity index is 1.49. The van der Waals surface area contributed by atoms with Crippen molar-refractivity contribution in [1.29, 1.82) is 0 Å². The van der Waals surface area contributed by atoms with Gasteiger partial charge in [0.2, 0.25) is 0 Å². The fourth-order valence-electron chi connectivity index (χ4n) is 3.59. The SMILES string of the molecule is N[C@@H]1CCCC[C@H]1NC(=O)C1=C2C=C3CC3C2NN1. The van der Waals surface area contributed by atoms with Gasteiger partial charge in [-0.15, -0.1) is 0 Å². The Kier molecular flexibility index (Phi) is 2.47. The van der Waals surface area contributed by atoms with Crippen LogP contribution in [-0.2, 0) is 4.79 Å². The van der Waals surface area contributed by atoms with E-state index in [9.17, 15) is 4.79 Å². The molecule has 5 heteroatoms. The summed E-state index contributed by atoms with van der Waals surface area (Å²) in [6, 6.07) is 0.540. The maximum absolute atomic E-state index is 12.4. The molecule has 1 amide bonds. The quantitative estimate of drug-likeness (QED) is 0.566. The predicted molar refractivity (Wildman–Crippen MR) is 71.6 cm³/mol. The summed E-state index contributed by atoms with van der Waals surface area (Å²) in [6.07, 6.45) is 7.71. The molecule has 0 spiro atoms. The minimum Gasteiger partial charge on any atom is -0.346 e. The third-order valence-electron chi connectivity index (χ3n) is 4.85. The van der Waals surface area contributed by atoms with E-state index < -0.39 is 0 Å². The van der Waals surface area contributed by atoms with Crippen LogP contribution in [0.15, 0.2) is 22.9 Å². The molecule has 2 saturated carbocycles. The Hall–Kier alpha value is -1.33. The number of hydrazine groups is 1. The van der Waals surface area contributed by atoms with Gasteiger partial charge in [-0.3, -0.25) is 4.79 Å². The van der Waals surface area contributed by atoms with Crippen LogP contribution in [0.4, 0.5) is 0 Å². The lowest BCUT2D eigenvalue weighted by Gasteiger charge is -2.29. The molecule has 3 aliphatic carbocycles. The minimum atomic E-state index is -0.00880. The first-order valence-corrected chi connectivity index (χ1v) is 7.26. The fraction of sp³-hybridized carbons (Fsp3) is 0.643.